The van der Waals surface area contributed by atoms with Gasteiger partial charge in [0.05, 0.1) is 6.21 Å². The number of hydrogen-bond acceptors (Lipinski definition) is 2. The fourth-order valence-corrected chi connectivity index (χ4v) is 1.20. The smallest absolute Gasteiger partial charge is 0.0734 e. The van der Waals surface area contributed by atoms with E-state index in [1.165, 1.54) is 6.21 Å². The van der Waals surface area contributed by atoms with Crippen molar-refractivity contribution < 1.29 is 5.21 Å². The van der Waals surface area contributed by atoms with Crippen LogP contribution in [0.15, 0.2) is 23.4 Å². The van der Waals surface area contributed by atoms with Gasteiger partial charge in [0.1, 0.15) is 0 Å². The molecule has 0 aliphatic carbocycles. The first-order chi connectivity index (χ1) is 5.22. The van der Waals surface area contributed by atoms with Crippen LogP contribution in [0, 0.1) is 6.92 Å². The molecule has 0 atom stereocenters. The molecule has 0 aliphatic rings. The van der Waals surface area contributed by atoms with Gasteiger partial charge in [-0.1, -0.05) is 22.8 Å². The second kappa shape index (κ2) is 3.39. The van der Waals surface area contributed by atoms with Crippen molar-refractivity contribution in [1.29, 1.82) is 0 Å². The highest BCUT2D eigenvalue weighted by molar-refractivity contribution is 6.30. The van der Waals surface area contributed by atoms with Gasteiger partial charge in [-0.25, -0.2) is 0 Å². The van der Waals surface area contributed by atoms with Crippen molar-refractivity contribution in [2.24, 2.45) is 5.16 Å². The zero-order valence-corrected chi connectivity index (χ0v) is 6.84. The van der Waals surface area contributed by atoms with Crippen molar-refractivity contribution >= 4 is 17.8 Å². The van der Waals surface area contributed by atoms with E-state index < -0.39 is 0 Å². The van der Waals surface area contributed by atoms with E-state index in [0.29, 0.717) is 5.02 Å². The van der Waals surface area contributed by atoms with Gasteiger partial charge >= 0.3 is 0 Å². The fraction of sp³-hybridized carbons (Fsp3) is 0.125. The van der Waals surface area contributed by atoms with E-state index in [-0.39, 0.29) is 0 Å². The largest absolute Gasteiger partial charge is 0.411 e. The van der Waals surface area contributed by atoms with Gasteiger partial charge < -0.3 is 5.21 Å². The molecule has 1 aromatic rings. The average molecular weight is 170 g/mol. The van der Waals surface area contributed by atoms with E-state index in [9.17, 15) is 0 Å². The molecule has 1 rings (SSSR count). The number of oxime groups is 1. The fourth-order valence-electron chi connectivity index (χ4n) is 0.906. The first kappa shape index (κ1) is 8.08. The third-order valence-corrected chi connectivity index (χ3v) is 1.49. The molecule has 0 heterocycles. The zero-order valence-electron chi connectivity index (χ0n) is 6.08. The summed E-state index contributed by atoms with van der Waals surface area (Å²) in [7, 11) is 0. The number of aryl methyl sites for hydroxylation is 1. The third-order valence-electron chi connectivity index (χ3n) is 1.27. The summed E-state index contributed by atoms with van der Waals surface area (Å²) in [6.45, 7) is 1.93. The molecule has 58 valence electrons. The Balaban J connectivity index is 3.08. The topological polar surface area (TPSA) is 32.6 Å². The third kappa shape index (κ3) is 2.24. The van der Waals surface area contributed by atoms with Gasteiger partial charge in [-0.05, 0) is 30.2 Å². The lowest BCUT2D eigenvalue weighted by atomic mass is 10.1. The molecule has 0 amide bonds. The van der Waals surface area contributed by atoms with Gasteiger partial charge in [0.25, 0.3) is 0 Å². The summed E-state index contributed by atoms with van der Waals surface area (Å²) in [5.74, 6) is 0. The average Bonchev–Trinajstić information content (AvgIpc) is 1.85. The molecule has 0 saturated heterocycles. The number of halogens is 1. The highest BCUT2D eigenvalue weighted by atomic mass is 35.5. The van der Waals surface area contributed by atoms with Crippen LogP contribution >= 0.6 is 11.6 Å². The Kier molecular flexibility index (Phi) is 2.49. The summed E-state index contributed by atoms with van der Waals surface area (Å²) >= 11 is 5.74. The van der Waals surface area contributed by atoms with Crippen molar-refractivity contribution in [3.8, 4) is 0 Å². The molecule has 11 heavy (non-hydrogen) atoms. The van der Waals surface area contributed by atoms with E-state index in [0.717, 1.165) is 11.1 Å². The van der Waals surface area contributed by atoms with E-state index in [1.807, 2.05) is 19.1 Å². The Morgan fingerprint density at radius 1 is 1.45 bits per heavy atom. The number of benzene rings is 1. The molecule has 1 N–H and O–H groups in total. The van der Waals surface area contributed by atoms with Crippen LogP contribution in [0.5, 0.6) is 0 Å². The molecule has 0 radical (unpaired) electrons. The Labute approximate surface area is 70.1 Å². The number of rotatable bonds is 1. The van der Waals surface area contributed by atoms with Crippen molar-refractivity contribution in [3.63, 3.8) is 0 Å². The quantitative estimate of drug-likeness (QED) is 0.391. The molecule has 2 nitrogen and oxygen atoms in total. The predicted molar refractivity (Wildman–Crippen MR) is 45.6 cm³/mol. The van der Waals surface area contributed by atoms with Crippen LogP contribution in [0.25, 0.3) is 0 Å². The Hall–Kier alpha value is -1.02. The molecule has 0 unspecified atom stereocenters. The summed E-state index contributed by atoms with van der Waals surface area (Å²) in [4.78, 5) is 0. The standard InChI is InChI=1S/C8H8ClNO/c1-6-2-7(5-10-11)4-8(9)3-6/h2-5,11H,1H3. The summed E-state index contributed by atoms with van der Waals surface area (Å²) in [6.07, 6.45) is 1.35. The van der Waals surface area contributed by atoms with Crippen LogP contribution in [0.4, 0.5) is 0 Å². The maximum absolute atomic E-state index is 8.23. The molecule has 3 heteroatoms. The molecule has 1 aromatic carbocycles. The first-order valence-corrected chi connectivity index (χ1v) is 3.55. The van der Waals surface area contributed by atoms with Crippen molar-refractivity contribution in [2.75, 3.05) is 0 Å². The molecule has 0 aromatic heterocycles. The minimum absolute atomic E-state index is 0.653. The summed E-state index contributed by atoms with van der Waals surface area (Å²) in [6, 6.07) is 5.45. The Morgan fingerprint density at radius 3 is 2.73 bits per heavy atom. The zero-order chi connectivity index (χ0) is 8.27. The van der Waals surface area contributed by atoms with E-state index in [2.05, 4.69) is 5.16 Å². The van der Waals surface area contributed by atoms with Crippen molar-refractivity contribution in [1.82, 2.24) is 0 Å². The van der Waals surface area contributed by atoms with Crippen LogP contribution in [0.2, 0.25) is 5.02 Å². The van der Waals surface area contributed by atoms with E-state index in [1.54, 1.807) is 6.07 Å². The van der Waals surface area contributed by atoms with Gasteiger partial charge in [0, 0.05) is 5.02 Å². The van der Waals surface area contributed by atoms with Crippen LogP contribution in [0.1, 0.15) is 11.1 Å². The van der Waals surface area contributed by atoms with Crippen LogP contribution < -0.4 is 0 Å². The molecule has 0 aliphatic heterocycles. The molecule has 0 spiro atoms. The minimum Gasteiger partial charge on any atom is -0.411 e. The molecule has 0 saturated carbocycles. The number of nitrogens with zero attached hydrogens (tertiary/aromatic N) is 1. The van der Waals surface area contributed by atoms with Crippen molar-refractivity contribution in [3.05, 3.63) is 34.3 Å². The maximum atomic E-state index is 8.23. The van der Waals surface area contributed by atoms with Gasteiger partial charge in [-0.15, -0.1) is 0 Å². The summed E-state index contributed by atoms with van der Waals surface area (Å²) < 4.78 is 0. The lowest BCUT2D eigenvalue weighted by Crippen LogP contribution is -1.82. The molecule has 0 bridgehead atoms. The Morgan fingerprint density at radius 2 is 2.18 bits per heavy atom. The lowest BCUT2D eigenvalue weighted by Gasteiger charge is -1.96. The normalized spacial score (nSPS) is 10.7. The molecule has 0 fully saturated rings. The second-order valence-electron chi connectivity index (χ2n) is 2.31. The van der Waals surface area contributed by atoms with E-state index >= 15 is 0 Å². The van der Waals surface area contributed by atoms with Crippen LogP contribution in [-0.2, 0) is 0 Å². The number of hydrogen-bond donors (Lipinski definition) is 1. The van der Waals surface area contributed by atoms with Gasteiger partial charge in [-0.2, -0.15) is 0 Å². The predicted octanol–water partition coefficient (Wildman–Crippen LogP) is 2.46. The van der Waals surface area contributed by atoms with Crippen LogP contribution in [-0.4, -0.2) is 11.4 Å². The van der Waals surface area contributed by atoms with Crippen molar-refractivity contribution in [2.45, 2.75) is 6.92 Å². The Bertz CT molecular complexity index is 263. The molecular weight excluding hydrogens is 162 g/mol. The maximum Gasteiger partial charge on any atom is 0.0734 e. The highest BCUT2D eigenvalue weighted by Crippen LogP contribution is 2.12. The lowest BCUT2D eigenvalue weighted by molar-refractivity contribution is 0.322. The summed E-state index contributed by atoms with van der Waals surface area (Å²) in [5.41, 5.74) is 1.85. The van der Waals surface area contributed by atoms with Crippen LogP contribution in [0.3, 0.4) is 0 Å². The minimum atomic E-state index is 0.653. The van der Waals surface area contributed by atoms with E-state index in [4.69, 9.17) is 16.8 Å². The monoisotopic (exact) mass is 169 g/mol. The van der Waals surface area contributed by atoms with Gasteiger partial charge in [0.2, 0.25) is 0 Å². The van der Waals surface area contributed by atoms with Gasteiger partial charge in [-0.3, -0.25) is 0 Å². The SMILES string of the molecule is Cc1cc(Cl)cc(C=NO)c1. The second-order valence-corrected chi connectivity index (χ2v) is 2.74. The first-order valence-electron chi connectivity index (χ1n) is 3.17. The van der Waals surface area contributed by atoms with Gasteiger partial charge in [0.15, 0.2) is 0 Å². The molecular formula is C8H8ClNO. The summed E-state index contributed by atoms with van der Waals surface area (Å²) in [5, 5.41) is 11.8. The highest BCUT2D eigenvalue weighted by Gasteiger charge is 1.92.